The first kappa shape index (κ1) is 19.8. The summed E-state index contributed by atoms with van der Waals surface area (Å²) >= 11 is 18.2. The highest BCUT2D eigenvalue weighted by molar-refractivity contribution is 6.42. The molecule has 7 heteroatoms. The molecule has 0 saturated carbocycles. The minimum Gasteiger partial charge on any atom is -0.306 e. The topological polar surface area (TPSA) is 44.7 Å². The molecule has 0 bridgehead atoms. The smallest absolute Gasteiger partial charge is 0.306 e. The molecule has 1 atom stereocenters. The van der Waals surface area contributed by atoms with E-state index in [1.54, 1.807) is 36.4 Å². The van der Waals surface area contributed by atoms with Crippen molar-refractivity contribution in [3.05, 3.63) is 99.0 Å². The third-order valence-corrected chi connectivity index (χ3v) is 5.65. The van der Waals surface area contributed by atoms with E-state index in [-0.39, 0.29) is 11.9 Å². The third-order valence-electron chi connectivity index (χ3n) is 4.66. The number of halogens is 3. The number of rotatable bonds is 3. The maximum Gasteiger partial charge on any atom is 0.342 e. The zero-order valence-corrected chi connectivity index (χ0v) is 17.4. The Hall–Kier alpha value is -2.53. The summed E-state index contributed by atoms with van der Waals surface area (Å²) in [6, 6.07) is 21.9. The number of carbonyl (C=O) groups excluding carboxylic acids is 1. The van der Waals surface area contributed by atoms with Crippen molar-refractivity contribution in [3.63, 3.8) is 0 Å². The van der Waals surface area contributed by atoms with Crippen LogP contribution in [-0.2, 0) is 0 Å². The highest BCUT2D eigenvalue weighted by Gasteiger charge is 2.32. The zero-order chi connectivity index (χ0) is 20.4. The maximum absolute atomic E-state index is 12.8. The lowest BCUT2D eigenvalue weighted by Crippen LogP contribution is -2.30. The van der Waals surface area contributed by atoms with Gasteiger partial charge >= 0.3 is 6.03 Å². The lowest BCUT2D eigenvalue weighted by Gasteiger charge is -2.16. The second kappa shape index (κ2) is 8.46. The van der Waals surface area contributed by atoms with Gasteiger partial charge < -0.3 is 5.32 Å². The molecule has 146 valence electrons. The van der Waals surface area contributed by atoms with Crippen molar-refractivity contribution in [1.82, 2.24) is 5.01 Å². The molecular formula is C22H16Cl3N3O. The Morgan fingerprint density at radius 1 is 0.931 bits per heavy atom. The standard InChI is InChI=1S/C22H16Cl3N3O/c23-16-7-9-17(10-8-16)26-22(29)28-13-18(14-4-2-1-3-5-14)21(27-28)15-6-11-19(24)20(25)12-15/h1-12,18H,13H2,(H,26,29). The SMILES string of the molecule is O=C(Nc1ccc(Cl)cc1)N1CC(c2ccccc2)C(c2ccc(Cl)c(Cl)c2)=N1. The summed E-state index contributed by atoms with van der Waals surface area (Å²) in [5.74, 6) is -0.0793. The number of anilines is 1. The van der Waals surface area contributed by atoms with Crippen molar-refractivity contribution >= 4 is 52.2 Å². The van der Waals surface area contributed by atoms with E-state index in [1.165, 1.54) is 5.01 Å². The normalized spacial score (nSPS) is 15.9. The Labute approximate surface area is 183 Å². The zero-order valence-electron chi connectivity index (χ0n) is 15.1. The summed E-state index contributed by atoms with van der Waals surface area (Å²) in [6.07, 6.45) is 0. The average Bonchev–Trinajstić information content (AvgIpc) is 3.18. The minimum absolute atomic E-state index is 0.0793. The monoisotopic (exact) mass is 443 g/mol. The second-order valence-corrected chi connectivity index (χ2v) is 7.85. The molecule has 3 aromatic rings. The number of benzene rings is 3. The van der Waals surface area contributed by atoms with Gasteiger partial charge in [-0.25, -0.2) is 9.80 Å². The Balaban J connectivity index is 1.65. The first-order chi connectivity index (χ1) is 14.0. The van der Waals surface area contributed by atoms with Crippen molar-refractivity contribution in [1.29, 1.82) is 0 Å². The van der Waals surface area contributed by atoms with Gasteiger partial charge in [0, 0.05) is 22.2 Å². The van der Waals surface area contributed by atoms with Gasteiger partial charge in [0.15, 0.2) is 0 Å². The molecule has 1 heterocycles. The third kappa shape index (κ3) is 4.40. The van der Waals surface area contributed by atoms with Gasteiger partial charge in [-0.05, 0) is 42.0 Å². The maximum atomic E-state index is 12.8. The first-order valence-electron chi connectivity index (χ1n) is 8.94. The summed E-state index contributed by atoms with van der Waals surface area (Å²) in [5.41, 5.74) is 3.31. The Bertz CT molecular complexity index is 1070. The number of nitrogens with zero attached hydrogens (tertiary/aromatic N) is 2. The Morgan fingerprint density at radius 2 is 1.66 bits per heavy atom. The van der Waals surface area contributed by atoms with Gasteiger partial charge in [0.05, 0.1) is 22.3 Å². The number of nitrogens with one attached hydrogen (secondary N) is 1. The summed E-state index contributed by atoms with van der Waals surface area (Å²) in [5, 5.41) is 10.4. The number of hydrogen-bond donors (Lipinski definition) is 1. The van der Waals surface area contributed by atoms with Crippen LogP contribution in [0.25, 0.3) is 0 Å². The molecule has 4 nitrogen and oxygen atoms in total. The van der Waals surface area contributed by atoms with Crippen LogP contribution in [0, 0.1) is 0 Å². The van der Waals surface area contributed by atoms with Gasteiger partial charge in [0.2, 0.25) is 0 Å². The van der Waals surface area contributed by atoms with E-state index in [9.17, 15) is 4.79 Å². The van der Waals surface area contributed by atoms with Crippen molar-refractivity contribution in [3.8, 4) is 0 Å². The van der Waals surface area contributed by atoms with Gasteiger partial charge in [-0.15, -0.1) is 0 Å². The average molecular weight is 445 g/mol. The van der Waals surface area contributed by atoms with Crippen LogP contribution in [0.1, 0.15) is 17.0 Å². The Morgan fingerprint density at radius 3 is 2.34 bits per heavy atom. The number of carbonyl (C=O) groups is 1. The lowest BCUT2D eigenvalue weighted by molar-refractivity contribution is 0.218. The van der Waals surface area contributed by atoms with Crippen LogP contribution in [0.5, 0.6) is 0 Å². The van der Waals surface area contributed by atoms with Gasteiger partial charge in [-0.1, -0.05) is 71.2 Å². The molecule has 0 aromatic heterocycles. The van der Waals surface area contributed by atoms with Gasteiger partial charge in [0.25, 0.3) is 0 Å². The van der Waals surface area contributed by atoms with E-state index in [0.29, 0.717) is 27.3 Å². The quantitative estimate of drug-likeness (QED) is 0.481. The van der Waals surface area contributed by atoms with Gasteiger partial charge in [-0.3, -0.25) is 0 Å². The van der Waals surface area contributed by atoms with Gasteiger partial charge in [0.1, 0.15) is 0 Å². The fourth-order valence-corrected chi connectivity index (χ4v) is 3.64. The molecule has 1 aliphatic rings. The molecule has 0 radical (unpaired) electrons. The fraction of sp³-hybridized carbons (Fsp3) is 0.0909. The molecule has 1 N–H and O–H groups in total. The van der Waals surface area contributed by atoms with E-state index in [2.05, 4.69) is 10.4 Å². The minimum atomic E-state index is -0.316. The summed E-state index contributed by atoms with van der Waals surface area (Å²) in [7, 11) is 0. The highest BCUT2D eigenvalue weighted by atomic mass is 35.5. The predicted octanol–water partition coefficient (Wildman–Crippen LogP) is 6.68. The van der Waals surface area contributed by atoms with Crippen LogP contribution >= 0.6 is 34.8 Å². The molecule has 1 unspecified atom stereocenters. The molecule has 29 heavy (non-hydrogen) atoms. The van der Waals surface area contributed by atoms with Crippen molar-refractivity contribution in [2.45, 2.75) is 5.92 Å². The molecule has 0 spiro atoms. The van der Waals surface area contributed by atoms with E-state index >= 15 is 0 Å². The molecule has 0 saturated heterocycles. The molecular weight excluding hydrogens is 429 g/mol. The van der Waals surface area contributed by atoms with Crippen LogP contribution < -0.4 is 5.32 Å². The van der Waals surface area contributed by atoms with Crippen molar-refractivity contribution < 1.29 is 4.79 Å². The van der Waals surface area contributed by atoms with E-state index in [1.807, 2.05) is 36.4 Å². The van der Waals surface area contributed by atoms with Crippen LogP contribution in [0.2, 0.25) is 15.1 Å². The predicted molar refractivity (Wildman–Crippen MR) is 119 cm³/mol. The van der Waals surface area contributed by atoms with Crippen molar-refractivity contribution in [2.75, 3.05) is 11.9 Å². The number of hydrazone groups is 1. The molecule has 2 amide bonds. The molecule has 0 aliphatic carbocycles. The van der Waals surface area contributed by atoms with E-state index in [4.69, 9.17) is 34.8 Å². The van der Waals surface area contributed by atoms with Crippen molar-refractivity contribution in [2.24, 2.45) is 5.10 Å². The Kier molecular flexibility index (Phi) is 5.76. The summed E-state index contributed by atoms with van der Waals surface area (Å²) in [6.45, 7) is 0.416. The first-order valence-corrected chi connectivity index (χ1v) is 10.1. The highest BCUT2D eigenvalue weighted by Crippen LogP contribution is 2.32. The second-order valence-electron chi connectivity index (χ2n) is 6.60. The van der Waals surface area contributed by atoms with Crippen LogP contribution in [-0.4, -0.2) is 23.3 Å². The van der Waals surface area contributed by atoms with E-state index in [0.717, 1.165) is 16.8 Å². The lowest BCUT2D eigenvalue weighted by atomic mass is 9.91. The molecule has 0 fully saturated rings. The largest absolute Gasteiger partial charge is 0.342 e. The van der Waals surface area contributed by atoms with Crippen LogP contribution in [0.15, 0.2) is 77.9 Å². The number of amides is 2. The molecule has 3 aromatic carbocycles. The molecule has 1 aliphatic heterocycles. The summed E-state index contributed by atoms with van der Waals surface area (Å²) < 4.78 is 0. The molecule has 4 rings (SSSR count). The number of hydrogen-bond acceptors (Lipinski definition) is 2. The van der Waals surface area contributed by atoms with Gasteiger partial charge in [-0.2, -0.15) is 5.10 Å². The fourth-order valence-electron chi connectivity index (χ4n) is 3.21. The summed E-state index contributed by atoms with van der Waals surface area (Å²) in [4.78, 5) is 12.8. The van der Waals surface area contributed by atoms with E-state index < -0.39 is 0 Å². The van der Waals surface area contributed by atoms with Crippen LogP contribution in [0.4, 0.5) is 10.5 Å². The number of urea groups is 1. The van der Waals surface area contributed by atoms with Crippen LogP contribution in [0.3, 0.4) is 0 Å².